The Balaban J connectivity index is 0.00000312. The van der Waals surface area contributed by atoms with Crippen LogP contribution in [0.1, 0.15) is 31.4 Å². The van der Waals surface area contributed by atoms with Crippen molar-refractivity contribution in [2.24, 2.45) is 4.99 Å². The van der Waals surface area contributed by atoms with Gasteiger partial charge in [0.25, 0.3) is 0 Å². The number of likely N-dealkylation sites (N-methyl/N-ethyl adjacent to an activating group) is 1. The van der Waals surface area contributed by atoms with Crippen LogP contribution in [0.4, 0.5) is 4.39 Å². The Hall–Kier alpha value is -1.38. The van der Waals surface area contributed by atoms with Gasteiger partial charge in [-0.25, -0.2) is 9.38 Å². The van der Waals surface area contributed by atoms with Crippen molar-refractivity contribution in [2.45, 2.75) is 39.3 Å². The lowest BCUT2D eigenvalue weighted by molar-refractivity contribution is -0.127. The number of carbonyl (C=O) groups excluding carboxylic acids is 1. The van der Waals surface area contributed by atoms with Crippen molar-refractivity contribution in [2.75, 3.05) is 27.2 Å². The maximum atomic E-state index is 13.5. The van der Waals surface area contributed by atoms with Gasteiger partial charge in [-0.15, -0.1) is 24.0 Å². The molecule has 0 fully saturated rings. The number of rotatable bonds is 4. The van der Waals surface area contributed by atoms with E-state index in [-0.39, 0.29) is 48.3 Å². The molecule has 25 heavy (non-hydrogen) atoms. The van der Waals surface area contributed by atoms with Crippen LogP contribution in [-0.2, 0) is 17.8 Å². The number of hydrogen-bond donors (Lipinski definition) is 1. The molecule has 1 aliphatic heterocycles. The first kappa shape index (κ1) is 21.7. The molecule has 1 aromatic carbocycles. The van der Waals surface area contributed by atoms with Crippen LogP contribution in [0.25, 0.3) is 0 Å². The van der Waals surface area contributed by atoms with Crippen molar-refractivity contribution >= 4 is 35.8 Å². The lowest BCUT2D eigenvalue weighted by Crippen LogP contribution is -2.47. The fourth-order valence-electron chi connectivity index (χ4n) is 2.55. The lowest BCUT2D eigenvalue weighted by Gasteiger charge is -2.33. The molecule has 1 aromatic rings. The number of nitrogens with zero attached hydrogens (tertiary/aromatic N) is 3. The molecular formula is C18H28FIN4O. The second-order valence-electron chi connectivity index (χ2n) is 6.47. The first-order chi connectivity index (χ1) is 11.4. The summed E-state index contributed by atoms with van der Waals surface area (Å²) in [7, 11) is 3.44. The number of hydrogen-bond acceptors (Lipinski definition) is 2. The largest absolute Gasteiger partial charge is 0.354 e. The van der Waals surface area contributed by atoms with E-state index in [1.165, 1.54) is 16.5 Å². The van der Waals surface area contributed by atoms with E-state index in [1.807, 2.05) is 6.07 Å². The van der Waals surface area contributed by atoms with E-state index in [0.717, 1.165) is 30.9 Å². The van der Waals surface area contributed by atoms with Crippen molar-refractivity contribution in [3.8, 4) is 0 Å². The third-order valence-electron chi connectivity index (χ3n) is 4.33. The molecular weight excluding hydrogens is 434 g/mol. The maximum absolute atomic E-state index is 13.5. The van der Waals surface area contributed by atoms with Crippen molar-refractivity contribution < 1.29 is 9.18 Å². The first-order valence-corrected chi connectivity index (χ1v) is 8.44. The van der Waals surface area contributed by atoms with Gasteiger partial charge < -0.3 is 15.1 Å². The van der Waals surface area contributed by atoms with Crippen LogP contribution in [0.3, 0.4) is 0 Å². The Bertz CT molecular complexity index is 621. The molecule has 2 rings (SSSR count). The van der Waals surface area contributed by atoms with Crippen molar-refractivity contribution in [3.63, 3.8) is 0 Å². The van der Waals surface area contributed by atoms with E-state index in [9.17, 15) is 9.18 Å². The summed E-state index contributed by atoms with van der Waals surface area (Å²) >= 11 is 0. The number of benzene rings is 1. The number of aliphatic imine (C=N–C) groups is 1. The molecule has 0 saturated heterocycles. The van der Waals surface area contributed by atoms with E-state index in [1.54, 1.807) is 20.2 Å². The molecule has 1 aliphatic rings. The van der Waals surface area contributed by atoms with E-state index in [0.29, 0.717) is 6.54 Å². The van der Waals surface area contributed by atoms with Gasteiger partial charge in [0.15, 0.2) is 5.96 Å². The predicted molar refractivity (Wildman–Crippen MR) is 110 cm³/mol. The average molecular weight is 462 g/mol. The molecule has 0 aliphatic carbocycles. The molecule has 0 spiro atoms. The molecule has 0 radical (unpaired) electrons. The number of nitrogens with one attached hydrogen (secondary N) is 1. The van der Waals surface area contributed by atoms with E-state index in [4.69, 9.17) is 0 Å². The second-order valence-corrected chi connectivity index (χ2v) is 6.47. The highest BCUT2D eigenvalue weighted by Crippen LogP contribution is 2.20. The molecule has 1 atom stereocenters. The highest BCUT2D eigenvalue weighted by Gasteiger charge is 2.21. The van der Waals surface area contributed by atoms with Crippen LogP contribution < -0.4 is 5.32 Å². The first-order valence-electron chi connectivity index (χ1n) is 8.44. The smallest absolute Gasteiger partial charge is 0.243 e. The number of fused-ring (bicyclic) bond motifs is 1. The number of amides is 1. The topological polar surface area (TPSA) is 47.9 Å². The summed E-state index contributed by atoms with van der Waals surface area (Å²) in [5, 5.41) is 3.39. The zero-order valence-electron chi connectivity index (χ0n) is 15.4. The van der Waals surface area contributed by atoms with Gasteiger partial charge in [0.05, 0.1) is 0 Å². The number of halogens is 2. The van der Waals surface area contributed by atoms with Gasteiger partial charge in [-0.1, -0.05) is 13.0 Å². The normalized spacial score (nSPS) is 15.1. The Morgan fingerprint density at radius 2 is 2.12 bits per heavy atom. The van der Waals surface area contributed by atoms with Crippen LogP contribution in [0.5, 0.6) is 0 Å². The predicted octanol–water partition coefficient (Wildman–Crippen LogP) is 2.63. The Morgan fingerprint density at radius 3 is 2.76 bits per heavy atom. The summed E-state index contributed by atoms with van der Waals surface area (Å²) < 4.78 is 13.5. The molecule has 7 heteroatoms. The molecule has 1 unspecified atom stereocenters. The Morgan fingerprint density at radius 1 is 1.40 bits per heavy atom. The lowest BCUT2D eigenvalue weighted by atomic mass is 10.00. The summed E-state index contributed by atoms with van der Waals surface area (Å²) in [6.07, 6.45) is 1.80. The van der Waals surface area contributed by atoms with Gasteiger partial charge in [-0.2, -0.15) is 0 Å². The minimum Gasteiger partial charge on any atom is -0.354 e. The number of guanidine groups is 1. The van der Waals surface area contributed by atoms with Crippen LogP contribution >= 0.6 is 24.0 Å². The fraction of sp³-hybridized carbons (Fsp3) is 0.556. The zero-order chi connectivity index (χ0) is 17.7. The highest BCUT2D eigenvalue weighted by atomic mass is 127. The van der Waals surface area contributed by atoms with Crippen LogP contribution in [0, 0.1) is 5.82 Å². The highest BCUT2D eigenvalue weighted by molar-refractivity contribution is 14.0. The van der Waals surface area contributed by atoms with Gasteiger partial charge in [0.1, 0.15) is 12.4 Å². The van der Waals surface area contributed by atoms with E-state index < -0.39 is 0 Å². The summed E-state index contributed by atoms with van der Waals surface area (Å²) in [5.74, 6) is 0.461. The molecule has 0 bridgehead atoms. The van der Waals surface area contributed by atoms with Crippen LogP contribution in [0.15, 0.2) is 23.2 Å². The van der Waals surface area contributed by atoms with Crippen LogP contribution in [-0.4, -0.2) is 54.9 Å². The van der Waals surface area contributed by atoms with Gasteiger partial charge in [-0.3, -0.25) is 4.79 Å². The summed E-state index contributed by atoms with van der Waals surface area (Å²) in [6, 6.07) is 5.22. The third-order valence-corrected chi connectivity index (χ3v) is 4.33. The molecule has 140 valence electrons. The third kappa shape index (κ3) is 6.13. The van der Waals surface area contributed by atoms with Crippen molar-refractivity contribution in [1.82, 2.24) is 15.1 Å². The quantitative estimate of drug-likeness (QED) is 0.425. The molecule has 5 nitrogen and oxygen atoms in total. The average Bonchev–Trinajstić information content (AvgIpc) is 2.57. The van der Waals surface area contributed by atoms with Crippen molar-refractivity contribution in [3.05, 3.63) is 35.1 Å². The van der Waals surface area contributed by atoms with Gasteiger partial charge in [-0.05, 0) is 43.0 Å². The van der Waals surface area contributed by atoms with E-state index in [2.05, 4.69) is 29.1 Å². The minimum atomic E-state index is -0.216. The monoisotopic (exact) mass is 462 g/mol. The molecule has 1 amide bonds. The summed E-state index contributed by atoms with van der Waals surface area (Å²) in [4.78, 5) is 20.0. The Kier molecular flexibility index (Phi) is 8.61. The number of carbonyl (C=O) groups is 1. The van der Waals surface area contributed by atoms with Gasteiger partial charge >= 0.3 is 0 Å². The standard InChI is InChI=1S/C18H27FN4O.HI/c1-5-13(2)21-18(20-11-17(24)22(3)4)23-9-8-14-6-7-16(19)10-15(14)12-23;/h6-7,10,13H,5,8-9,11-12H2,1-4H3,(H,20,21);1H. The second kappa shape index (κ2) is 9.94. The van der Waals surface area contributed by atoms with E-state index >= 15 is 0 Å². The van der Waals surface area contributed by atoms with Crippen LogP contribution in [0.2, 0.25) is 0 Å². The maximum Gasteiger partial charge on any atom is 0.243 e. The SMILES string of the molecule is CCC(C)NC(=NCC(=O)N(C)C)N1CCc2ccc(F)cc2C1.I. The van der Waals surface area contributed by atoms with Crippen molar-refractivity contribution in [1.29, 1.82) is 0 Å². The fourth-order valence-corrected chi connectivity index (χ4v) is 2.55. The van der Waals surface area contributed by atoms with Gasteiger partial charge in [0.2, 0.25) is 5.91 Å². The molecule has 0 aromatic heterocycles. The summed E-state index contributed by atoms with van der Waals surface area (Å²) in [5.41, 5.74) is 2.17. The van der Waals surface area contributed by atoms with Gasteiger partial charge in [0, 0.05) is 33.2 Å². The molecule has 1 heterocycles. The molecule has 1 N–H and O–H groups in total. The summed E-state index contributed by atoms with van der Waals surface area (Å²) in [6.45, 7) is 5.70. The Labute approximate surface area is 166 Å². The molecule has 0 saturated carbocycles. The minimum absolute atomic E-state index is 0. The zero-order valence-corrected chi connectivity index (χ0v) is 17.7.